The summed E-state index contributed by atoms with van der Waals surface area (Å²) in [7, 11) is 0. The van der Waals surface area contributed by atoms with Crippen LogP contribution < -0.4 is 11.1 Å². The summed E-state index contributed by atoms with van der Waals surface area (Å²) in [6.45, 7) is 3.42. The summed E-state index contributed by atoms with van der Waals surface area (Å²) in [5.41, 5.74) is 6.51. The van der Waals surface area contributed by atoms with E-state index in [0.717, 1.165) is 18.5 Å². The van der Waals surface area contributed by atoms with Gasteiger partial charge < -0.3 is 21.1 Å². The first-order valence-electron chi connectivity index (χ1n) is 7.13. The van der Waals surface area contributed by atoms with Gasteiger partial charge in [-0.3, -0.25) is 14.5 Å². The normalized spacial score (nSPS) is 17.0. The van der Waals surface area contributed by atoms with Crippen molar-refractivity contribution in [2.45, 2.75) is 25.8 Å². The Hall–Kier alpha value is -2.09. The molecule has 0 aliphatic carbocycles. The number of aliphatic hydroxyl groups excluding tert-OH is 1. The van der Waals surface area contributed by atoms with Crippen molar-refractivity contribution in [2.24, 2.45) is 10.7 Å². The Morgan fingerprint density at radius 3 is 2.90 bits per heavy atom. The van der Waals surface area contributed by atoms with Crippen molar-refractivity contribution in [1.82, 2.24) is 14.7 Å². The molecule has 0 radical (unpaired) electrons. The van der Waals surface area contributed by atoms with Gasteiger partial charge >= 0.3 is 0 Å². The molecule has 4 N–H and O–H groups in total. The van der Waals surface area contributed by atoms with Crippen LogP contribution in [0.2, 0.25) is 0 Å². The Morgan fingerprint density at radius 1 is 1.57 bits per heavy atom. The zero-order valence-corrected chi connectivity index (χ0v) is 12.2. The average Bonchev–Trinajstić information content (AvgIpc) is 2.95. The van der Waals surface area contributed by atoms with E-state index in [1.54, 1.807) is 11.1 Å². The molecule has 8 heteroatoms. The largest absolute Gasteiger partial charge is 0.387 e. The predicted molar refractivity (Wildman–Crippen MR) is 79.9 cm³/mol. The molecular weight excluding hydrogens is 272 g/mol. The van der Waals surface area contributed by atoms with Crippen molar-refractivity contribution in [1.29, 1.82) is 0 Å². The Morgan fingerprint density at radius 2 is 2.29 bits per heavy atom. The van der Waals surface area contributed by atoms with Crippen LogP contribution in [0.5, 0.6) is 0 Å². The van der Waals surface area contributed by atoms with E-state index >= 15 is 0 Å². The monoisotopic (exact) mass is 294 g/mol. The SMILES string of the molecule is CC/N=C(\N)Nc1cnn(C2CCN(C(=O)CO)CC2)c1. The second-order valence-electron chi connectivity index (χ2n) is 4.96. The standard InChI is InChI=1S/C13H22N6O2/c1-2-15-13(14)17-10-7-16-19(8-10)11-3-5-18(6-4-11)12(21)9-20/h7-8,11,20H,2-6,9H2,1H3,(H3,14,15,17). The van der Waals surface area contributed by atoms with Crippen LogP contribution in [0, 0.1) is 0 Å². The number of hydrogen-bond donors (Lipinski definition) is 3. The molecule has 21 heavy (non-hydrogen) atoms. The molecule has 1 aliphatic heterocycles. The molecule has 116 valence electrons. The number of nitrogens with two attached hydrogens (primary N) is 1. The third kappa shape index (κ3) is 3.94. The van der Waals surface area contributed by atoms with E-state index < -0.39 is 6.61 Å². The van der Waals surface area contributed by atoms with Crippen molar-refractivity contribution in [2.75, 3.05) is 31.6 Å². The summed E-state index contributed by atoms with van der Waals surface area (Å²) < 4.78 is 1.89. The van der Waals surface area contributed by atoms with Crippen molar-refractivity contribution in [3.63, 3.8) is 0 Å². The minimum Gasteiger partial charge on any atom is -0.387 e. The molecule has 2 heterocycles. The molecule has 0 aromatic carbocycles. The van der Waals surface area contributed by atoms with Crippen molar-refractivity contribution in [3.8, 4) is 0 Å². The van der Waals surface area contributed by atoms with Crippen LogP contribution in [0.25, 0.3) is 0 Å². The number of piperidine rings is 1. The van der Waals surface area contributed by atoms with E-state index in [1.807, 2.05) is 17.8 Å². The first-order chi connectivity index (χ1) is 10.1. The number of guanidine groups is 1. The average molecular weight is 294 g/mol. The molecule has 1 aromatic heterocycles. The van der Waals surface area contributed by atoms with E-state index in [9.17, 15) is 4.79 Å². The Kier molecular flexibility index (Phi) is 5.15. The maximum absolute atomic E-state index is 11.4. The summed E-state index contributed by atoms with van der Waals surface area (Å²) in [5, 5.41) is 16.2. The molecule has 1 saturated heterocycles. The third-order valence-electron chi connectivity index (χ3n) is 3.53. The molecule has 1 fully saturated rings. The molecule has 1 aliphatic rings. The second-order valence-corrected chi connectivity index (χ2v) is 4.96. The van der Waals surface area contributed by atoms with Gasteiger partial charge in [0.25, 0.3) is 0 Å². The van der Waals surface area contributed by atoms with Crippen LogP contribution in [-0.4, -0.2) is 57.9 Å². The fraction of sp³-hybridized carbons (Fsp3) is 0.615. The van der Waals surface area contributed by atoms with Gasteiger partial charge in [-0.15, -0.1) is 0 Å². The zero-order valence-electron chi connectivity index (χ0n) is 12.2. The number of carbonyl (C=O) groups excluding carboxylic acids is 1. The van der Waals surface area contributed by atoms with Gasteiger partial charge in [0.1, 0.15) is 6.61 Å². The maximum atomic E-state index is 11.4. The van der Waals surface area contributed by atoms with Gasteiger partial charge in [-0.2, -0.15) is 5.10 Å². The molecule has 0 bridgehead atoms. The summed E-state index contributed by atoms with van der Waals surface area (Å²) in [6.07, 6.45) is 5.26. The highest BCUT2D eigenvalue weighted by molar-refractivity contribution is 5.91. The number of anilines is 1. The number of aromatic nitrogens is 2. The van der Waals surface area contributed by atoms with Gasteiger partial charge in [0.15, 0.2) is 5.96 Å². The Bertz CT molecular complexity index is 505. The molecule has 1 amide bonds. The summed E-state index contributed by atoms with van der Waals surface area (Å²) in [6, 6.07) is 0.257. The Labute approximate surface area is 123 Å². The number of carbonyl (C=O) groups is 1. The van der Waals surface area contributed by atoms with Crippen LogP contribution in [0.3, 0.4) is 0 Å². The number of hydrogen-bond acceptors (Lipinski definition) is 4. The lowest BCUT2D eigenvalue weighted by Crippen LogP contribution is -2.40. The van der Waals surface area contributed by atoms with Crippen LogP contribution in [-0.2, 0) is 4.79 Å². The van der Waals surface area contributed by atoms with E-state index in [-0.39, 0.29) is 11.9 Å². The van der Waals surface area contributed by atoms with Crippen LogP contribution in [0.15, 0.2) is 17.4 Å². The van der Waals surface area contributed by atoms with Gasteiger partial charge in [0, 0.05) is 25.8 Å². The number of likely N-dealkylation sites (tertiary alicyclic amines) is 1. The quantitative estimate of drug-likeness (QED) is 0.526. The van der Waals surface area contributed by atoms with Crippen molar-refractivity contribution in [3.05, 3.63) is 12.4 Å². The van der Waals surface area contributed by atoms with Gasteiger partial charge in [0.2, 0.25) is 5.91 Å². The van der Waals surface area contributed by atoms with E-state index in [2.05, 4.69) is 15.4 Å². The third-order valence-corrected chi connectivity index (χ3v) is 3.53. The predicted octanol–water partition coefficient (Wildman–Crippen LogP) is -0.215. The van der Waals surface area contributed by atoms with Crippen LogP contribution in [0.1, 0.15) is 25.8 Å². The lowest BCUT2D eigenvalue weighted by atomic mass is 10.1. The number of rotatable bonds is 4. The first-order valence-corrected chi connectivity index (χ1v) is 7.13. The minimum absolute atomic E-state index is 0.208. The number of aliphatic hydroxyl groups is 1. The second kappa shape index (κ2) is 7.07. The van der Waals surface area contributed by atoms with Gasteiger partial charge in [-0.05, 0) is 19.8 Å². The van der Waals surface area contributed by atoms with Gasteiger partial charge in [-0.1, -0.05) is 0 Å². The molecule has 2 rings (SSSR count). The lowest BCUT2D eigenvalue weighted by molar-refractivity contribution is -0.135. The van der Waals surface area contributed by atoms with Crippen molar-refractivity contribution >= 4 is 17.6 Å². The van der Waals surface area contributed by atoms with E-state index in [0.29, 0.717) is 25.6 Å². The summed E-state index contributed by atoms with van der Waals surface area (Å²) in [4.78, 5) is 17.2. The molecule has 0 spiro atoms. The number of aliphatic imine (C=N–C) groups is 1. The molecule has 0 atom stereocenters. The maximum Gasteiger partial charge on any atom is 0.248 e. The van der Waals surface area contributed by atoms with Gasteiger partial charge in [0.05, 0.1) is 17.9 Å². The highest BCUT2D eigenvalue weighted by Crippen LogP contribution is 2.23. The lowest BCUT2D eigenvalue weighted by Gasteiger charge is -2.31. The topological polar surface area (TPSA) is 109 Å². The highest BCUT2D eigenvalue weighted by Gasteiger charge is 2.23. The van der Waals surface area contributed by atoms with Crippen LogP contribution in [0.4, 0.5) is 5.69 Å². The highest BCUT2D eigenvalue weighted by atomic mass is 16.3. The van der Waals surface area contributed by atoms with E-state index in [1.165, 1.54) is 0 Å². The fourth-order valence-electron chi connectivity index (χ4n) is 2.44. The van der Waals surface area contributed by atoms with Crippen LogP contribution >= 0.6 is 0 Å². The van der Waals surface area contributed by atoms with Gasteiger partial charge in [-0.25, -0.2) is 0 Å². The molecular formula is C13H22N6O2. The van der Waals surface area contributed by atoms with E-state index in [4.69, 9.17) is 10.8 Å². The summed E-state index contributed by atoms with van der Waals surface area (Å²) in [5.74, 6) is 0.167. The fourth-order valence-corrected chi connectivity index (χ4v) is 2.44. The molecule has 0 saturated carbocycles. The summed E-state index contributed by atoms with van der Waals surface area (Å²) >= 11 is 0. The number of nitrogens with one attached hydrogen (secondary N) is 1. The zero-order chi connectivity index (χ0) is 15.2. The smallest absolute Gasteiger partial charge is 0.248 e. The minimum atomic E-state index is -0.420. The molecule has 8 nitrogen and oxygen atoms in total. The van der Waals surface area contributed by atoms with Crippen molar-refractivity contribution < 1.29 is 9.90 Å². The molecule has 1 aromatic rings. The Balaban J connectivity index is 1.91. The number of nitrogens with zero attached hydrogens (tertiary/aromatic N) is 4. The molecule has 0 unspecified atom stereocenters. The number of amides is 1. The first kappa shape index (κ1) is 15.3.